The summed E-state index contributed by atoms with van der Waals surface area (Å²) in [5.74, 6) is 4.65. The van der Waals surface area contributed by atoms with Crippen LogP contribution in [0.5, 0.6) is 0 Å². The van der Waals surface area contributed by atoms with Gasteiger partial charge < -0.3 is 10.4 Å². The molecule has 0 aromatic heterocycles. The molecule has 0 spiro atoms. The maximum Gasteiger partial charge on any atom is 0.252 e. The fourth-order valence-electron chi connectivity index (χ4n) is 1.73. The van der Waals surface area contributed by atoms with E-state index in [4.69, 9.17) is 5.11 Å². The van der Waals surface area contributed by atoms with E-state index in [1.54, 1.807) is 0 Å². The SMILES string of the molecule is CCC(C)C(C)NC(=O)c1ccc(F)cc1C#CCO. The van der Waals surface area contributed by atoms with Crippen LogP contribution in [0.15, 0.2) is 18.2 Å². The van der Waals surface area contributed by atoms with Gasteiger partial charge in [0.25, 0.3) is 5.91 Å². The summed E-state index contributed by atoms with van der Waals surface area (Å²) in [6, 6.07) is 3.87. The third-order valence-corrected chi connectivity index (χ3v) is 3.38. The Kier molecular flexibility index (Phi) is 6.20. The number of halogens is 1. The highest BCUT2D eigenvalue weighted by Crippen LogP contribution is 2.13. The maximum absolute atomic E-state index is 13.2. The molecular formula is C16H20FNO2. The van der Waals surface area contributed by atoms with Gasteiger partial charge >= 0.3 is 0 Å². The summed E-state index contributed by atoms with van der Waals surface area (Å²) in [7, 11) is 0. The second-order valence-electron chi connectivity index (χ2n) is 4.80. The van der Waals surface area contributed by atoms with Crippen molar-refractivity contribution in [3.63, 3.8) is 0 Å². The molecule has 0 aliphatic rings. The molecule has 0 aliphatic carbocycles. The fourth-order valence-corrected chi connectivity index (χ4v) is 1.73. The number of carbonyl (C=O) groups is 1. The van der Waals surface area contributed by atoms with Crippen LogP contribution in [-0.4, -0.2) is 23.7 Å². The van der Waals surface area contributed by atoms with Gasteiger partial charge in [0, 0.05) is 11.6 Å². The smallest absolute Gasteiger partial charge is 0.252 e. The van der Waals surface area contributed by atoms with E-state index in [0.29, 0.717) is 11.5 Å². The van der Waals surface area contributed by atoms with Crippen molar-refractivity contribution in [2.75, 3.05) is 6.61 Å². The second kappa shape index (κ2) is 7.66. The van der Waals surface area contributed by atoms with E-state index in [1.165, 1.54) is 18.2 Å². The first-order valence-corrected chi connectivity index (χ1v) is 6.69. The van der Waals surface area contributed by atoms with Crippen LogP contribution >= 0.6 is 0 Å². The number of carbonyl (C=O) groups excluding carboxylic acids is 1. The van der Waals surface area contributed by atoms with Crippen molar-refractivity contribution in [2.45, 2.75) is 33.2 Å². The number of hydrogen-bond donors (Lipinski definition) is 2. The molecule has 2 N–H and O–H groups in total. The number of hydrogen-bond acceptors (Lipinski definition) is 2. The zero-order valence-electron chi connectivity index (χ0n) is 12.0. The van der Waals surface area contributed by atoms with Crippen LogP contribution in [0.1, 0.15) is 43.1 Å². The topological polar surface area (TPSA) is 49.3 Å². The van der Waals surface area contributed by atoms with Crippen molar-refractivity contribution in [2.24, 2.45) is 5.92 Å². The normalized spacial score (nSPS) is 13.1. The van der Waals surface area contributed by atoms with Crippen LogP contribution < -0.4 is 5.32 Å². The van der Waals surface area contributed by atoms with Crippen molar-refractivity contribution in [3.8, 4) is 11.8 Å². The van der Waals surface area contributed by atoms with Crippen molar-refractivity contribution in [3.05, 3.63) is 35.1 Å². The average molecular weight is 277 g/mol. The molecule has 0 aliphatic heterocycles. The molecular weight excluding hydrogens is 257 g/mol. The molecule has 0 bridgehead atoms. The van der Waals surface area contributed by atoms with E-state index in [2.05, 4.69) is 31.0 Å². The van der Waals surface area contributed by atoms with Crippen molar-refractivity contribution >= 4 is 5.91 Å². The first-order chi connectivity index (χ1) is 9.49. The third-order valence-electron chi connectivity index (χ3n) is 3.38. The van der Waals surface area contributed by atoms with Gasteiger partial charge in [-0.15, -0.1) is 0 Å². The van der Waals surface area contributed by atoms with Crippen LogP contribution in [0.2, 0.25) is 0 Å². The number of benzene rings is 1. The number of aliphatic hydroxyl groups excluding tert-OH is 1. The maximum atomic E-state index is 13.2. The molecule has 2 unspecified atom stereocenters. The van der Waals surface area contributed by atoms with E-state index >= 15 is 0 Å². The minimum Gasteiger partial charge on any atom is -0.384 e. The van der Waals surface area contributed by atoms with Crippen molar-refractivity contribution in [1.82, 2.24) is 5.32 Å². The van der Waals surface area contributed by atoms with Gasteiger partial charge in [0.2, 0.25) is 0 Å². The predicted octanol–water partition coefficient (Wildman–Crippen LogP) is 2.33. The Labute approximate surface area is 119 Å². The summed E-state index contributed by atoms with van der Waals surface area (Å²) in [6.45, 7) is 5.72. The van der Waals surface area contributed by atoms with E-state index in [9.17, 15) is 9.18 Å². The summed E-state index contributed by atoms with van der Waals surface area (Å²) in [5.41, 5.74) is 0.607. The summed E-state index contributed by atoms with van der Waals surface area (Å²) in [4.78, 5) is 12.2. The molecule has 4 heteroatoms. The van der Waals surface area contributed by atoms with Crippen LogP contribution in [0.4, 0.5) is 4.39 Å². The zero-order valence-corrected chi connectivity index (χ0v) is 12.0. The van der Waals surface area contributed by atoms with Gasteiger partial charge in [0.1, 0.15) is 12.4 Å². The Morgan fingerprint density at radius 1 is 1.45 bits per heavy atom. The molecule has 1 aromatic carbocycles. The van der Waals surface area contributed by atoms with E-state index in [1.807, 2.05) is 6.92 Å². The molecule has 1 aromatic rings. The fraction of sp³-hybridized carbons (Fsp3) is 0.438. The Balaban J connectivity index is 2.98. The second-order valence-corrected chi connectivity index (χ2v) is 4.80. The molecule has 1 rings (SSSR count). The number of amides is 1. The monoisotopic (exact) mass is 277 g/mol. The molecule has 0 saturated heterocycles. The molecule has 20 heavy (non-hydrogen) atoms. The summed E-state index contributed by atoms with van der Waals surface area (Å²) in [5, 5.41) is 11.6. The highest BCUT2D eigenvalue weighted by Gasteiger charge is 2.16. The van der Waals surface area contributed by atoms with Crippen LogP contribution in [0.25, 0.3) is 0 Å². The molecule has 108 valence electrons. The van der Waals surface area contributed by atoms with E-state index in [-0.39, 0.29) is 24.1 Å². The van der Waals surface area contributed by atoms with Gasteiger partial charge in [0.05, 0.1) is 5.56 Å². The first-order valence-electron chi connectivity index (χ1n) is 6.69. The molecule has 2 atom stereocenters. The lowest BCUT2D eigenvalue weighted by molar-refractivity contribution is 0.0928. The highest BCUT2D eigenvalue weighted by molar-refractivity contribution is 5.96. The molecule has 1 amide bonds. The van der Waals surface area contributed by atoms with Gasteiger partial charge in [0.15, 0.2) is 0 Å². The summed E-state index contributed by atoms with van der Waals surface area (Å²) < 4.78 is 13.2. The standard InChI is InChI=1S/C16H20FNO2/c1-4-11(2)12(3)18-16(20)15-8-7-14(17)10-13(15)6-5-9-19/h7-8,10-12,19H,4,9H2,1-3H3,(H,18,20). The quantitative estimate of drug-likeness (QED) is 0.830. The van der Waals surface area contributed by atoms with Gasteiger partial charge in [-0.3, -0.25) is 4.79 Å². The Bertz CT molecular complexity index is 531. The minimum absolute atomic E-state index is 0.0243. The van der Waals surface area contributed by atoms with E-state index < -0.39 is 5.82 Å². The van der Waals surface area contributed by atoms with Gasteiger partial charge in [-0.1, -0.05) is 32.1 Å². The van der Waals surface area contributed by atoms with Crippen molar-refractivity contribution in [1.29, 1.82) is 0 Å². The van der Waals surface area contributed by atoms with E-state index in [0.717, 1.165) is 6.42 Å². The van der Waals surface area contributed by atoms with Crippen LogP contribution in [0, 0.1) is 23.6 Å². The first kappa shape index (κ1) is 16.2. The number of aliphatic hydroxyl groups is 1. The molecule has 0 radical (unpaired) electrons. The molecule has 0 heterocycles. The lowest BCUT2D eigenvalue weighted by Gasteiger charge is -2.20. The summed E-state index contributed by atoms with van der Waals surface area (Å²) >= 11 is 0. The Morgan fingerprint density at radius 2 is 2.15 bits per heavy atom. The molecule has 0 saturated carbocycles. The van der Waals surface area contributed by atoms with Crippen LogP contribution in [-0.2, 0) is 0 Å². The predicted molar refractivity (Wildman–Crippen MR) is 76.7 cm³/mol. The average Bonchev–Trinajstić information content (AvgIpc) is 2.43. The zero-order chi connectivity index (χ0) is 15.1. The summed E-state index contributed by atoms with van der Waals surface area (Å²) in [6.07, 6.45) is 0.960. The lowest BCUT2D eigenvalue weighted by atomic mass is 10.00. The van der Waals surface area contributed by atoms with Gasteiger partial charge in [-0.2, -0.15) is 0 Å². The van der Waals surface area contributed by atoms with Crippen LogP contribution in [0.3, 0.4) is 0 Å². The van der Waals surface area contributed by atoms with Crippen molar-refractivity contribution < 1.29 is 14.3 Å². The molecule has 0 fully saturated rings. The third kappa shape index (κ3) is 4.36. The number of nitrogens with one attached hydrogen (secondary N) is 1. The largest absolute Gasteiger partial charge is 0.384 e. The molecule has 3 nitrogen and oxygen atoms in total. The van der Waals surface area contributed by atoms with Gasteiger partial charge in [-0.25, -0.2) is 4.39 Å². The number of rotatable bonds is 4. The minimum atomic E-state index is -0.459. The Morgan fingerprint density at radius 3 is 2.75 bits per heavy atom. The Hall–Kier alpha value is -1.86. The highest BCUT2D eigenvalue weighted by atomic mass is 19.1. The van der Waals surface area contributed by atoms with Gasteiger partial charge in [-0.05, 0) is 31.0 Å². The lowest BCUT2D eigenvalue weighted by Crippen LogP contribution is -2.37.